The molecule has 0 spiro atoms. The molecular formula is C30H36ClN3OS. The highest BCUT2D eigenvalue weighted by Crippen LogP contribution is 2.44. The number of hydrogen-bond donors (Lipinski definition) is 1. The first kappa shape index (κ1) is 29.3. The van der Waals surface area contributed by atoms with Gasteiger partial charge in [0.15, 0.2) is 0 Å². The molecule has 36 heavy (non-hydrogen) atoms. The summed E-state index contributed by atoms with van der Waals surface area (Å²) in [4.78, 5) is 10.3. The van der Waals surface area contributed by atoms with E-state index in [4.69, 9.17) is 16.6 Å². The summed E-state index contributed by atoms with van der Waals surface area (Å²) in [5, 5.41) is 12.2. The van der Waals surface area contributed by atoms with Crippen LogP contribution in [0.15, 0.2) is 93.5 Å². The molecule has 6 heteroatoms. The molecule has 1 aromatic carbocycles. The van der Waals surface area contributed by atoms with Crippen molar-refractivity contribution in [2.45, 2.75) is 45.4 Å². The fourth-order valence-electron chi connectivity index (χ4n) is 3.79. The maximum Gasteiger partial charge on any atom is 0.126 e. The zero-order chi connectivity index (χ0) is 26.7. The molecule has 2 aliphatic rings. The van der Waals surface area contributed by atoms with E-state index < -0.39 is 5.60 Å². The number of benzene rings is 1. The molecule has 2 aliphatic heterocycles. The molecule has 0 saturated carbocycles. The van der Waals surface area contributed by atoms with Crippen LogP contribution in [-0.2, 0) is 5.60 Å². The van der Waals surface area contributed by atoms with Crippen LogP contribution in [0.1, 0.15) is 44.7 Å². The molecule has 1 N–H and O–H groups in total. The highest BCUT2D eigenvalue weighted by molar-refractivity contribution is 8.07. The molecule has 1 atom stereocenters. The molecule has 0 amide bonds. The molecule has 0 saturated heterocycles. The number of rotatable bonds is 6. The topological polar surface area (TPSA) is 39.1 Å². The quantitative estimate of drug-likeness (QED) is 0.243. The Morgan fingerprint density at radius 3 is 2.44 bits per heavy atom. The van der Waals surface area contributed by atoms with Crippen LogP contribution < -0.4 is 0 Å². The summed E-state index contributed by atoms with van der Waals surface area (Å²) in [5.41, 5.74) is 2.20. The number of likely N-dealkylation sites (N-methyl/N-ethyl adjacent to an activating group) is 1. The summed E-state index contributed by atoms with van der Waals surface area (Å²) in [6.45, 7) is 10.1. The first-order valence-corrected chi connectivity index (χ1v) is 13.0. The van der Waals surface area contributed by atoms with E-state index in [1.807, 2.05) is 43.5 Å². The summed E-state index contributed by atoms with van der Waals surface area (Å²) in [6, 6.07) is 8.16. The second-order valence-electron chi connectivity index (χ2n) is 8.79. The Balaban J connectivity index is 0.00000222. The Labute approximate surface area is 226 Å². The van der Waals surface area contributed by atoms with Crippen molar-refractivity contribution in [1.82, 2.24) is 9.80 Å². The zero-order valence-corrected chi connectivity index (χ0v) is 23.1. The zero-order valence-electron chi connectivity index (χ0n) is 21.6. The standard InChI is InChI=1S/C28H34ClN3OS.C2H2/c1-6-24(17-12-21(2)29)34-27-26(22-13-15-23(16-14-22)28(3,4)33)31(5)25-20-30-18-10-8-7-9-11-19-32(25)27;1-2/h6-8,11-19,25,33H,1,9-10,20H2,2-5H3;1-2H/b8-7-,19-11-,21-12+,24-17+,30-18?;. The average Bonchev–Trinajstić information content (AvgIpc) is 3.07. The van der Waals surface area contributed by atoms with Crippen molar-refractivity contribution in [3.63, 3.8) is 0 Å². The first-order valence-electron chi connectivity index (χ1n) is 11.8. The molecule has 2 heterocycles. The lowest BCUT2D eigenvalue weighted by atomic mass is 9.97. The van der Waals surface area contributed by atoms with Crippen LogP contribution in [0.2, 0.25) is 0 Å². The van der Waals surface area contributed by atoms with Crippen LogP contribution >= 0.6 is 23.4 Å². The minimum Gasteiger partial charge on any atom is -0.386 e. The van der Waals surface area contributed by atoms with E-state index in [9.17, 15) is 5.11 Å². The molecule has 1 aromatic rings. The summed E-state index contributed by atoms with van der Waals surface area (Å²) >= 11 is 7.75. The highest BCUT2D eigenvalue weighted by atomic mass is 35.5. The van der Waals surface area contributed by atoms with Crippen LogP contribution in [0.25, 0.3) is 5.70 Å². The molecule has 0 aliphatic carbocycles. The van der Waals surface area contributed by atoms with Crippen molar-refractivity contribution >= 4 is 35.3 Å². The second-order valence-corrected chi connectivity index (χ2v) is 10.5. The van der Waals surface area contributed by atoms with Gasteiger partial charge in [-0.15, -0.1) is 12.8 Å². The predicted molar refractivity (Wildman–Crippen MR) is 158 cm³/mol. The molecule has 3 rings (SSSR count). The summed E-state index contributed by atoms with van der Waals surface area (Å²) < 4.78 is 0. The van der Waals surface area contributed by atoms with Crippen LogP contribution in [0.3, 0.4) is 0 Å². The molecule has 190 valence electrons. The van der Waals surface area contributed by atoms with Crippen LogP contribution in [0.5, 0.6) is 0 Å². The molecule has 0 aromatic heterocycles. The van der Waals surface area contributed by atoms with Gasteiger partial charge in [-0.2, -0.15) is 0 Å². The second kappa shape index (κ2) is 14.0. The number of nitrogens with zero attached hydrogens (tertiary/aromatic N) is 3. The van der Waals surface area contributed by atoms with Crippen molar-refractivity contribution in [2.24, 2.45) is 4.99 Å². The molecule has 4 nitrogen and oxygen atoms in total. The Morgan fingerprint density at radius 1 is 1.17 bits per heavy atom. The molecular weight excluding hydrogens is 486 g/mol. The third-order valence-corrected chi connectivity index (χ3v) is 6.92. The van der Waals surface area contributed by atoms with Gasteiger partial charge in [-0.05, 0) is 44.9 Å². The Bertz CT molecular complexity index is 1100. The lowest BCUT2D eigenvalue weighted by Crippen LogP contribution is -2.38. The Kier molecular flexibility index (Phi) is 11.4. The number of aliphatic imine (C=N–C) groups is 1. The first-order chi connectivity index (χ1) is 17.2. The van der Waals surface area contributed by atoms with Crippen LogP contribution in [0, 0.1) is 12.8 Å². The van der Waals surface area contributed by atoms with E-state index >= 15 is 0 Å². The van der Waals surface area contributed by atoms with Crippen molar-refractivity contribution in [2.75, 3.05) is 13.6 Å². The molecule has 0 radical (unpaired) electrons. The van der Waals surface area contributed by atoms with E-state index in [1.165, 1.54) is 0 Å². The van der Waals surface area contributed by atoms with Gasteiger partial charge in [-0.3, -0.25) is 4.99 Å². The normalized spacial score (nSPS) is 20.7. The van der Waals surface area contributed by atoms with Crippen molar-refractivity contribution < 1.29 is 5.11 Å². The lowest BCUT2D eigenvalue weighted by Gasteiger charge is -2.29. The Hall–Kier alpha value is -2.91. The molecule has 1 unspecified atom stereocenters. The monoisotopic (exact) mass is 521 g/mol. The number of fused-ring (bicyclic) bond motifs is 1. The number of hydrogen-bond acceptors (Lipinski definition) is 5. The number of thioether (sulfide) groups is 1. The lowest BCUT2D eigenvalue weighted by molar-refractivity contribution is 0.0786. The van der Waals surface area contributed by atoms with Crippen molar-refractivity contribution in [3.8, 4) is 12.8 Å². The fourth-order valence-corrected chi connectivity index (χ4v) is 4.94. The van der Waals surface area contributed by atoms with E-state index in [-0.39, 0.29) is 6.17 Å². The molecule has 0 fully saturated rings. The number of allylic oxidation sites excluding steroid dienone is 7. The van der Waals surface area contributed by atoms with Gasteiger partial charge in [0.25, 0.3) is 0 Å². The van der Waals surface area contributed by atoms with Gasteiger partial charge >= 0.3 is 0 Å². The number of terminal acetylenes is 1. The third-order valence-electron chi connectivity index (χ3n) is 5.66. The average molecular weight is 522 g/mol. The van der Waals surface area contributed by atoms with Gasteiger partial charge in [0.05, 0.1) is 17.8 Å². The predicted octanol–water partition coefficient (Wildman–Crippen LogP) is 7.24. The van der Waals surface area contributed by atoms with Gasteiger partial charge < -0.3 is 14.9 Å². The number of aliphatic hydroxyl groups is 1. The van der Waals surface area contributed by atoms with Crippen LogP contribution in [0.4, 0.5) is 0 Å². The maximum absolute atomic E-state index is 10.4. The van der Waals surface area contributed by atoms with E-state index in [0.29, 0.717) is 11.6 Å². The van der Waals surface area contributed by atoms with Gasteiger partial charge in [0.1, 0.15) is 11.2 Å². The number of halogens is 1. The van der Waals surface area contributed by atoms with E-state index in [2.05, 4.69) is 72.8 Å². The minimum absolute atomic E-state index is 0.0495. The SMILES string of the molecule is C#C.C=C/C(=C\C=C(/C)Cl)SC1=C(c2ccc(C(C)(C)O)cc2)N(C)C2CN=CC/C=C\C/C=C\N12. The van der Waals surface area contributed by atoms with E-state index in [0.717, 1.165) is 39.6 Å². The smallest absolute Gasteiger partial charge is 0.126 e. The Morgan fingerprint density at radius 2 is 1.83 bits per heavy atom. The highest BCUT2D eigenvalue weighted by Gasteiger charge is 2.36. The third kappa shape index (κ3) is 7.80. The fraction of sp³-hybridized carbons (Fsp3) is 0.300. The summed E-state index contributed by atoms with van der Waals surface area (Å²) in [7, 11) is 2.12. The van der Waals surface area contributed by atoms with Crippen molar-refractivity contribution in [1.29, 1.82) is 0 Å². The minimum atomic E-state index is -0.885. The summed E-state index contributed by atoms with van der Waals surface area (Å²) in [6.07, 6.45) is 26.1. The van der Waals surface area contributed by atoms with E-state index in [1.54, 1.807) is 25.6 Å². The van der Waals surface area contributed by atoms with Crippen LogP contribution in [-0.4, -0.2) is 40.9 Å². The van der Waals surface area contributed by atoms with Gasteiger partial charge in [0, 0.05) is 41.4 Å². The molecule has 0 bridgehead atoms. The van der Waals surface area contributed by atoms with Crippen molar-refractivity contribution in [3.05, 3.63) is 99.6 Å². The summed E-state index contributed by atoms with van der Waals surface area (Å²) in [5.74, 6) is 0. The van der Waals surface area contributed by atoms with Gasteiger partial charge in [-0.25, -0.2) is 0 Å². The van der Waals surface area contributed by atoms with Gasteiger partial charge in [-0.1, -0.05) is 78.5 Å². The maximum atomic E-state index is 10.4. The largest absolute Gasteiger partial charge is 0.386 e. The van der Waals surface area contributed by atoms with Gasteiger partial charge in [0.2, 0.25) is 0 Å².